The monoisotopic (exact) mass is 526 g/mol. The number of nitrogens with one attached hydrogen (secondary N) is 1. The molecule has 2 heterocycles. The highest BCUT2D eigenvalue weighted by Crippen LogP contribution is 2.37. The maximum atomic E-state index is 14.1. The summed E-state index contributed by atoms with van der Waals surface area (Å²) in [5, 5.41) is 2.93. The van der Waals surface area contributed by atoms with Crippen LogP contribution in [0.2, 0.25) is 0 Å². The molecule has 3 rings (SSSR count). The number of ether oxygens (including phenoxy) is 2. The predicted molar refractivity (Wildman–Crippen MR) is 141 cm³/mol. The van der Waals surface area contributed by atoms with Crippen molar-refractivity contribution in [1.29, 1.82) is 0 Å². The van der Waals surface area contributed by atoms with Gasteiger partial charge in [-0.1, -0.05) is 13.8 Å². The van der Waals surface area contributed by atoms with Gasteiger partial charge in [-0.15, -0.1) is 0 Å². The molecule has 5 N–H and O–H groups in total. The number of nitrogens with zero attached hydrogens (tertiary/aromatic N) is 3. The Kier molecular flexibility index (Phi) is 9.01. The summed E-state index contributed by atoms with van der Waals surface area (Å²) in [7, 11) is 2.96. The highest BCUT2D eigenvalue weighted by Gasteiger charge is 2.36. The first-order chi connectivity index (χ1) is 17.7. The minimum Gasteiger partial charge on any atom is -0.493 e. The molecule has 0 bridgehead atoms. The lowest BCUT2D eigenvalue weighted by Gasteiger charge is -2.31. The number of hydrogen-bond donors (Lipinski definition) is 3. The third kappa shape index (κ3) is 6.15. The standard InChI is InChI=1S/C25H30N6O5S/c1-14(2)7-12-29-24(33)21(15-8-10-28-11-9-15)31(16-5-6-17(35-3)18(13-16)36-4)25(34)22-19(26)20(23(27)32)30-37-22/h5-6,8-11,13-14,21H,7,12,26H2,1-4H3,(H2,27,32)(H,29,33)/t21-/m0/s1. The van der Waals surface area contributed by atoms with Gasteiger partial charge in [0.05, 0.1) is 19.9 Å². The van der Waals surface area contributed by atoms with E-state index in [0.29, 0.717) is 35.2 Å². The predicted octanol–water partition coefficient (Wildman–Crippen LogP) is 2.79. The average molecular weight is 527 g/mol. The highest BCUT2D eigenvalue weighted by atomic mass is 32.1. The summed E-state index contributed by atoms with van der Waals surface area (Å²) >= 11 is 0.732. The van der Waals surface area contributed by atoms with Gasteiger partial charge in [0.1, 0.15) is 10.9 Å². The number of hydrogen-bond acceptors (Lipinski definition) is 9. The lowest BCUT2D eigenvalue weighted by atomic mass is 10.0. The van der Waals surface area contributed by atoms with Crippen molar-refractivity contribution in [2.45, 2.75) is 26.3 Å². The van der Waals surface area contributed by atoms with E-state index in [-0.39, 0.29) is 16.3 Å². The molecule has 1 aromatic carbocycles. The van der Waals surface area contributed by atoms with E-state index in [9.17, 15) is 14.4 Å². The summed E-state index contributed by atoms with van der Waals surface area (Å²) < 4.78 is 14.7. The molecule has 3 aromatic rings. The SMILES string of the molecule is COc1ccc(N(C(=O)c2snc(C(N)=O)c2N)[C@H](C(=O)NCCC(C)C)c2ccncc2)cc1OC. The lowest BCUT2D eigenvalue weighted by Crippen LogP contribution is -2.44. The van der Waals surface area contributed by atoms with Crippen molar-refractivity contribution in [2.75, 3.05) is 31.4 Å². The van der Waals surface area contributed by atoms with E-state index in [1.807, 2.05) is 0 Å². The molecular weight excluding hydrogens is 496 g/mol. The molecule has 0 saturated carbocycles. The minimum atomic E-state index is -1.11. The Labute approximate surface area is 218 Å². The number of primary amides is 1. The molecule has 0 aliphatic heterocycles. The Morgan fingerprint density at radius 2 is 1.76 bits per heavy atom. The van der Waals surface area contributed by atoms with Crippen LogP contribution in [0.1, 0.15) is 52.0 Å². The average Bonchev–Trinajstić information content (AvgIpc) is 3.28. The molecule has 0 radical (unpaired) electrons. The zero-order chi connectivity index (χ0) is 27.1. The Balaban J connectivity index is 2.20. The molecule has 0 fully saturated rings. The first kappa shape index (κ1) is 27.4. The Morgan fingerprint density at radius 1 is 1.08 bits per heavy atom. The third-order valence-corrected chi connectivity index (χ3v) is 6.42. The molecule has 0 saturated heterocycles. The van der Waals surface area contributed by atoms with Crippen molar-refractivity contribution < 1.29 is 23.9 Å². The van der Waals surface area contributed by atoms with Crippen LogP contribution in [0, 0.1) is 5.92 Å². The number of carbonyl (C=O) groups is 3. The smallest absolute Gasteiger partial charge is 0.273 e. The van der Waals surface area contributed by atoms with E-state index in [1.165, 1.54) is 31.5 Å². The van der Waals surface area contributed by atoms with Gasteiger partial charge in [-0.05, 0) is 53.7 Å². The van der Waals surface area contributed by atoms with Crippen LogP contribution in [0.15, 0.2) is 42.7 Å². The largest absolute Gasteiger partial charge is 0.493 e. The van der Waals surface area contributed by atoms with E-state index in [2.05, 4.69) is 28.5 Å². The molecule has 196 valence electrons. The third-order valence-electron chi connectivity index (χ3n) is 5.57. The zero-order valence-corrected chi connectivity index (χ0v) is 21.9. The summed E-state index contributed by atoms with van der Waals surface area (Å²) in [5.41, 5.74) is 11.9. The quantitative estimate of drug-likeness (QED) is 0.343. The first-order valence-corrected chi connectivity index (χ1v) is 12.2. The number of nitrogen functional groups attached to an aromatic ring is 1. The zero-order valence-electron chi connectivity index (χ0n) is 21.1. The number of carbonyl (C=O) groups excluding carboxylic acids is 3. The second-order valence-electron chi connectivity index (χ2n) is 8.51. The summed E-state index contributed by atoms with van der Waals surface area (Å²) in [5.74, 6) is -0.755. The van der Waals surface area contributed by atoms with Crippen LogP contribution in [0.5, 0.6) is 11.5 Å². The van der Waals surface area contributed by atoms with Crippen molar-refractivity contribution in [3.63, 3.8) is 0 Å². The molecular formula is C25H30N6O5S. The molecule has 2 aromatic heterocycles. The number of amides is 3. The van der Waals surface area contributed by atoms with Crippen molar-refractivity contribution in [1.82, 2.24) is 14.7 Å². The number of anilines is 2. The van der Waals surface area contributed by atoms with Gasteiger partial charge in [0.25, 0.3) is 11.8 Å². The Hall–Kier alpha value is -4.19. The number of pyridine rings is 1. The van der Waals surface area contributed by atoms with Gasteiger partial charge >= 0.3 is 0 Å². The first-order valence-electron chi connectivity index (χ1n) is 11.5. The van der Waals surface area contributed by atoms with Gasteiger partial charge in [0, 0.05) is 30.7 Å². The molecule has 0 unspecified atom stereocenters. The van der Waals surface area contributed by atoms with E-state index >= 15 is 0 Å². The van der Waals surface area contributed by atoms with Crippen LogP contribution in [0.3, 0.4) is 0 Å². The second-order valence-corrected chi connectivity index (χ2v) is 9.28. The van der Waals surface area contributed by atoms with Gasteiger partial charge in [0.15, 0.2) is 17.2 Å². The fourth-order valence-corrected chi connectivity index (χ4v) is 4.38. The van der Waals surface area contributed by atoms with Crippen LogP contribution >= 0.6 is 11.5 Å². The Morgan fingerprint density at radius 3 is 2.32 bits per heavy atom. The minimum absolute atomic E-state index is 0.0300. The fraction of sp³-hybridized carbons (Fsp3) is 0.320. The number of benzene rings is 1. The summed E-state index contributed by atoms with van der Waals surface area (Å²) in [6, 6.07) is 7.02. The van der Waals surface area contributed by atoms with E-state index < -0.39 is 23.8 Å². The molecule has 37 heavy (non-hydrogen) atoms. The van der Waals surface area contributed by atoms with Gasteiger partial charge in [-0.3, -0.25) is 24.3 Å². The van der Waals surface area contributed by atoms with E-state index in [4.69, 9.17) is 20.9 Å². The molecule has 0 spiro atoms. The van der Waals surface area contributed by atoms with Crippen LogP contribution < -0.4 is 31.2 Å². The van der Waals surface area contributed by atoms with Gasteiger partial charge < -0.3 is 26.3 Å². The second kappa shape index (κ2) is 12.2. The van der Waals surface area contributed by atoms with Crippen molar-refractivity contribution >= 4 is 40.6 Å². The highest BCUT2D eigenvalue weighted by molar-refractivity contribution is 7.09. The molecule has 1 atom stereocenters. The molecule has 0 aliphatic carbocycles. The van der Waals surface area contributed by atoms with E-state index in [0.717, 1.165) is 18.0 Å². The summed E-state index contributed by atoms with van der Waals surface area (Å²) in [6.45, 7) is 4.52. The maximum absolute atomic E-state index is 14.1. The van der Waals surface area contributed by atoms with Crippen molar-refractivity contribution in [3.05, 3.63) is 58.9 Å². The van der Waals surface area contributed by atoms with Crippen molar-refractivity contribution in [3.8, 4) is 11.5 Å². The Bertz CT molecular complexity index is 1260. The van der Waals surface area contributed by atoms with Gasteiger partial charge in [-0.25, -0.2) is 0 Å². The number of nitrogens with two attached hydrogens (primary N) is 2. The number of rotatable bonds is 11. The van der Waals surface area contributed by atoms with Crippen LogP contribution in [0.4, 0.5) is 11.4 Å². The maximum Gasteiger partial charge on any atom is 0.273 e. The lowest BCUT2D eigenvalue weighted by molar-refractivity contribution is -0.122. The summed E-state index contributed by atoms with van der Waals surface area (Å²) in [4.78, 5) is 44.8. The molecule has 11 nitrogen and oxygen atoms in total. The van der Waals surface area contributed by atoms with Crippen LogP contribution in [-0.2, 0) is 4.79 Å². The molecule has 3 amide bonds. The normalized spacial score (nSPS) is 11.6. The topological polar surface area (TPSA) is 163 Å². The number of aromatic nitrogens is 2. The number of methoxy groups -OCH3 is 2. The van der Waals surface area contributed by atoms with E-state index in [1.54, 1.807) is 30.3 Å². The molecule has 12 heteroatoms. The van der Waals surface area contributed by atoms with Crippen molar-refractivity contribution in [2.24, 2.45) is 11.7 Å². The fourth-order valence-electron chi connectivity index (χ4n) is 3.64. The van der Waals surface area contributed by atoms with Crippen LogP contribution in [0.25, 0.3) is 0 Å². The van der Waals surface area contributed by atoms with Crippen LogP contribution in [-0.4, -0.2) is 47.8 Å². The van der Waals surface area contributed by atoms with Gasteiger partial charge in [-0.2, -0.15) is 4.37 Å². The summed E-state index contributed by atoms with van der Waals surface area (Å²) in [6.07, 6.45) is 3.82. The van der Waals surface area contributed by atoms with Gasteiger partial charge in [0.2, 0.25) is 5.91 Å². The molecule has 0 aliphatic rings.